The monoisotopic (exact) mass is 182 g/mol. The summed E-state index contributed by atoms with van der Waals surface area (Å²) in [4.78, 5) is 0. The molecule has 0 heteroatoms. The third-order valence-corrected chi connectivity index (χ3v) is 1.97. The lowest BCUT2D eigenvalue weighted by Crippen LogP contribution is -1.80. The molecule has 0 spiro atoms. The van der Waals surface area contributed by atoms with Crippen LogP contribution in [0.25, 0.3) is 0 Å². The van der Waals surface area contributed by atoms with Crippen molar-refractivity contribution in [1.82, 2.24) is 0 Å². The van der Waals surface area contributed by atoms with Crippen LogP contribution in [0.1, 0.15) is 54.4 Å². The molecule has 0 aromatic rings. The van der Waals surface area contributed by atoms with Crippen molar-refractivity contribution in [2.75, 3.05) is 0 Å². The molecule has 0 heterocycles. The second-order valence-corrected chi connectivity index (χ2v) is 2.93. The minimum absolute atomic E-state index is 0.837. The van der Waals surface area contributed by atoms with Crippen LogP contribution in [-0.2, 0) is 0 Å². The summed E-state index contributed by atoms with van der Waals surface area (Å²) in [6.07, 6.45) is 4.64. The summed E-state index contributed by atoms with van der Waals surface area (Å²) in [5.74, 6) is 0.837. The van der Waals surface area contributed by atoms with Gasteiger partial charge in [-0.1, -0.05) is 52.8 Å². The second kappa shape index (κ2) is 9.57. The Kier molecular flexibility index (Phi) is 11.0. The van der Waals surface area contributed by atoms with Crippen molar-refractivity contribution in [3.8, 4) is 0 Å². The first-order chi connectivity index (χ1) is 6.24. The van der Waals surface area contributed by atoms with Gasteiger partial charge in [-0.3, -0.25) is 0 Å². The Labute approximate surface area is 84.7 Å². The van der Waals surface area contributed by atoms with E-state index in [0.717, 1.165) is 5.92 Å². The molecule has 78 valence electrons. The van der Waals surface area contributed by atoms with E-state index >= 15 is 0 Å². The van der Waals surface area contributed by atoms with Crippen molar-refractivity contribution in [2.24, 2.45) is 5.92 Å². The molecule has 0 aliphatic heterocycles. The summed E-state index contributed by atoms with van der Waals surface area (Å²) in [6, 6.07) is 0. The fraction of sp³-hybridized carbons (Fsp3) is 0.692. The average molecular weight is 182 g/mol. The number of hydrogen-bond acceptors (Lipinski definition) is 0. The lowest BCUT2D eigenvalue weighted by molar-refractivity contribution is 0.641. The van der Waals surface area contributed by atoms with Crippen LogP contribution in [0.5, 0.6) is 0 Å². The molecule has 1 aliphatic carbocycles. The van der Waals surface area contributed by atoms with Gasteiger partial charge in [0, 0.05) is 0 Å². The number of rotatable bonds is 0. The van der Waals surface area contributed by atoms with Crippen LogP contribution < -0.4 is 0 Å². The summed E-state index contributed by atoms with van der Waals surface area (Å²) in [7, 11) is 0. The molecule has 1 rings (SSSR count). The van der Waals surface area contributed by atoms with Gasteiger partial charge in [-0.15, -0.1) is 0 Å². The first kappa shape index (κ1) is 15.0. The van der Waals surface area contributed by atoms with Gasteiger partial charge in [0.15, 0.2) is 0 Å². The molecule has 0 aromatic carbocycles. The van der Waals surface area contributed by atoms with E-state index < -0.39 is 0 Å². The normalized spacial score (nSPS) is 23.1. The van der Waals surface area contributed by atoms with Gasteiger partial charge >= 0.3 is 0 Å². The third-order valence-electron chi connectivity index (χ3n) is 1.97. The van der Waals surface area contributed by atoms with Crippen molar-refractivity contribution in [1.29, 1.82) is 0 Å². The molecule has 1 saturated carbocycles. The summed E-state index contributed by atoms with van der Waals surface area (Å²) in [5.41, 5.74) is 2.83. The Balaban J connectivity index is 0. The summed E-state index contributed by atoms with van der Waals surface area (Å²) < 4.78 is 0. The van der Waals surface area contributed by atoms with Crippen LogP contribution in [0.3, 0.4) is 0 Å². The third kappa shape index (κ3) is 5.68. The van der Waals surface area contributed by atoms with E-state index in [1.54, 1.807) is 0 Å². The molecule has 0 amide bonds. The Morgan fingerprint density at radius 2 is 1.62 bits per heavy atom. The van der Waals surface area contributed by atoms with Gasteiger partial charge in [0.1, 0.15) is 0 Å². The van der Waals surface area contributed by atoms with Crippen LogP contribution in [-0.4, -0.2) is 0 Å². The van der Waals surface area contributed by atoms with Gasteiger partial charge in [-0.25, -0.2) is 0 Å². The molecule has 1 atom stereocenters. The summed E-state index contributed by atoms with van der Waals surface area (Å²) in [6.45, 7) is 16.4. The van der Waals surface area contributed by atoms with Gasteiger partial charge in [0.2, 0.25) is 0 Å². The van der Waals surface area contributed by atoms with Gasteiger partial charge < -0.3 is 0 Å². The van der Waals surface area contributed by atoms with E-state index in [4.69, 9.17) is 0 Å². The van der Waals surface area contributed by atoms with Crippen LogP contribution in [0.15, 0.2) is 23.8 Å². The maximum absolute atomic E-state index is 3.99. The molecule has 1 aliphatic rings. The Morgan fingerprint density at radius 1 is 1.15 bits per heavy atom. The fourth-order valence-corrected chi connectivity index (χ4v) is 1.47. The predicted molar refractivity (Wildman–Crippen MR) is 64.0 cm³/mol. The lowest BCUT2D eigenvalue weighted by atomic mass is 10.1. The highest BCUT2D eigenvalue weighted by molar-refractivity contribution is 5.32. The second-order valence-electron chi connectivity index (χ2n) is 2.93. The highest BCUT2D eigenvalue weighted by Gasteiger charge is 2.16. The van der Waals surface area contributed by atoms with Gasteiger partial charge in [0.25, 0.3) is 0 Å². The minimum atomic E-state index is 0.837. The number of allylic oxidation sites excluding steroid dienone is 3. The van der Waals surface area contributed by atoms with Crippen molar-refractivity contribution in [3.05, 3.63) is 23.8 Å². The standard InChI is InChI=1S/C9H14.2C2H6/c1-4-9-6-7(2)5-8(9)3;2*1-2/h4,7H,3,5-6H2,1-2H3;2*1-2H3/b9-4-;;. The molecular formula is C13H26. The van der Waals surface area contributed by atoms with Crippen LogP contribution in [0, 0.1) is 5.92 Å². The highest BCUT2D eigenvalue weighted by Crippen LogP contribution is 2.33. The van der Waals surface area contributed by atoms with Crippen molar-refractivity contribution in [2.45, 2.75) is 54.4 Å². The molecule has 0 aromatic heterocycles. The van der Waals surface area contributed by atoms with Gasteiger partial charge in [-0.2, -0.15) is 0 Å². The molecule has 1 fully saturated rings. The predicted octanol–water partition coefficient (Wildman–Crippen LogP) is 4.97. The van der Waals surface area contributed by atoms with Crippen LogP contribution in [0.2, 0.25) is 0 Å². The van der Waals surface area contributed by atoms with E-state index in [1.165, 1.54) is 24.0 Å². The fourth-order valence-electron chi connectivity index (χ4n) is 1.47. The van der Waals surface area contributed by atoms with E-state index in [0.29, 0.717) is 0 Å². The van der Waals surface area contributed by atoms with E-state index in [2.05, 4.69) is 26.5 Å². The smallest absolute Gasteiger partial charge is 0.0251 e. The Bertz CT molecular complexity index is 151. The quantitative estimate of drug-likeness (QED) is 0.496. The van der Waals surface area contributed by atoms with E-state index in [9.17, 15) is 0 Å². The van der Waals surface area contributed by atoms with Crippen LogP contribution in [0.4, 0.5) is 0 Å². The molecule has 0 radical (unpaired) electrons. The molecule has 1 unspecified atom stereocenters. The number of hydrogen-bond donors (Lipinski definition) is 0. The average Bonchev–Trinajstić information content (AvgIpc) is 2.51. The summed E-state index contributed by atoms with van der Waals surface area (Å²) >= 11 is 0. The Hall–Kier alpha value is -0.520. The van der Waals surface area contributed by atoms with E-state index in [1.807, 2.05) is 27.7 Å². The lowest BCUT2D eigenvalue weighted by Gasteiger charge is -1.92. The summed E-state index contributed by atoms with van der Waals surface area (Å²) in [5, 5.41) is 0. The molecule has 0 nitrogen and oxygen atoms in total. The van der Waals surface area contributed by atoms with Gasteiger partial charge in [0.05, 0.1) is 0 Å². The zero-order chi connectivity index (χ0) is 10.9. The minimum Gasteiger partial charge on any atom is -0.0956 e. The molecule has 13 heavy (non-hydrogen) atoms. The topological polar surface area (TPSA) is 0 Å². The molecule has 0 saturated heterocycles. The molecule has 0 bridgehead atoms. The first-order valence-electron chi connectivity index (χ1n) is 5.57. The van der Waals surface area contributed by atoms with Crippen molar-refractivity contribution < 1.29 is 0 Å². The van der Waals surface area contributed by atoms with Crippen molar-refractivity contribution >= 4 is 0 Å². The van der Waals surface area contributed by atoms with E-state index in [-0.39, 0.29) is 0 Å². The zero-order valence-corrected chi connectivity index (χ0v) is 10.3. The molecular weight excluding hydrogens is 156 g/mol. The zero-order valence-electron chi connectivity index (χ0n) is 10.3. The largest absolute Gasteiger partial charge is 0.0956 e. The molecule has 0 N–H and O–H groups in total. The van der Waals surface area contributed by atoms with Crippen molar-refractivity contribution in [3.63, 3.8) is 0 Å². The highest BCUT2D eigenvalue weighted by atomic mass is 14.2. The Morgan fingerprint density at radius 3 is 1.77 bits per heavy atom. The van der Waals surface area contributed by atoms with Crippen LogP contribution >= 0.6 is 0 Å². The maximum Gasteiger partial charge on any atom is -0.0251 e. The van der Waals surface area contributed by atoms with Gasteiger partial charge in [-0.05, 0) is 31.3 Å². The first-order valence-corrected chi connectivity index (χ1v) is 5.57. The SMILES string of the molecule is C=C1CC(C)C/C1=C/C.CC.CC. The maximum atomic E-state index is 3.99.